The van der Waals surface area contributed by atoms with E-state index in [1.54, 1.807) is 0 Å². The molecule has 0 saturated carbocycles. The molecule has 0 atom stereocenters. The number of anilines is 1. The summed E-state index contributed by atoms with van der Waals surface area (Å²) in [5.74, 6) is -0.456. The van der Waals surface area contributed by atoms with Crippen molar-refractivity contribution in [1.29, 1.82) is 0 Å². The van der Waals surface area contributed by atoms with Gasteiger partial charge in [0.1, 0.15) is 9.71 Å². The molecule has 0 aromatic carbocycles. The monoisotopic (exact) mass is 224 g/mol. The van der Waals surface area contributed by atoms with Gasteiger partial charge in [0.25, 0.3) is 0 Å². The molecule has 0 spiro atoms. The van der Waals surface area contributed by atoms with E-state index in [1.807, 2.05) is 0 Å². The number of thiophene rings is 1. The van der Waals surface area contributed by atoms with Crippen LogP contribution < -0.4 is 11.2 Å². The van der Waals surface area contributed by atoms with E-state index >= 15 is 0 Å². The average Bonchev–Trinajstić information content (AvgIpc) is 2.67. The van der Waals surface area contributed by atoms with Crippen molar-refractivity contribution in [3.05, 3.63) is 27.4 Å². The lowest BCUT2D eigenvalue weighted by Crippen LogP contribution is -2.07. The molecule has 0 amide bonds. The first-order chi connectivity index (χ1) is 7.13. The van der Waals surface area contributed by atoms with Gasteiger partial charge in [-0.2, -0.15) is 0 Å². The molecular weight excluding hydrogens is 216 g/mol. The van der Waals surface area contributed by atoms with Crippen LogP contribution in [0, 0.1) is 0 Å². The van der Waals surface area contributed by atoms with Crippen molar-refractivity contribution in [2.24, 2.45) is 0 Å². The largest absolute Gasteiger partial charge is 0.465 e. The number of aromatic nitrogens is 1. The molecule has 2 aromatic rings. The molecule has 0 aliphatic carbocycles. The fourth-order valence-corrected chi connectivity index (χ4v) is 2.18. The van der Waals surface area contributed by atoms with Gasteiger partial charge in [0, 0.05) is 6.20 Å². The number of nitrogens with one attached hydrogen (secondary N) is 1. The molecule has 0 aliphatic rings. The number of rotatable bonds is 1. The number of nitrogens with two attached hydrogens (primary N) is 1. The summed E-state index contributed by atoms with van der Waals surface area (Å²) in [6.07, 6.45) is 1.42. The molecule has 2 heterocycles. The summed E-state index contributed by atoms with van der Waals surface area (Å²) in [7, 11) is 1.29. The first-order valence-corrected chi connectivity index (χ1v) is 4.94. The zero-order chi connectivity index (χ0) is 11.0. The fraction of sp³-hybridized carbons (Fsp3) is 0.111. The Morgan fingerprint density at radius 2 is 2.33 bits per heavy atom. The number of methoxy groups -OCH3 is 1. The van der Waals surface area contributed by atoms with Crippen molar-refractivity contribution in [1.82, 2.24) is 4.98 Å². The number of hydrogen-bond acceptors (Lipinski definition) is 5. The Bertz CT molecular complexity index is 585. The second-order valence-electron chi connectivity index (χ2n) is 2.92. The number of aromatic amines is 1. The summed E-state index contributed by atoms with van der Waals surface area (Å²) in [5.41, 5.74) is 5.32. The maximum Gasteiger partial charge on any atom is 0.348 e. The Balaban J connectivity index is 2.71. The van der Waals surface area contributed by atoms with Crippen LogP contribution in [0.5, 0.6) is 0 Å². The Kier molecular flexibility index (Phi) is 2.20. The third-order valence-corrected chi connectivity index (χ3v) is 3.03. The number of pyridine rings is 1. The Morgan fingerprint density at radius 1 is 1.60 bits per heavy atom. The van der Waals surface area contributed by atoms with E-state index in [-0.39, 0.29) is 11.1 Å². The van der Waals surface area contributed by atoms with Crippen LogP contribution in [0.15, 0.2) is 17.1 Å². The fourth-order valence-electron chi connectivity index (χ4n) is 1.23. The van der Waals surface area contributed by atoms with Gasteiger partial charge in [-0.1, -0.05) is 0 Å². The van der Waals surface area contributed by atoms with Gasteiger partial charge in [-0.25, -0.2) is 4.79 Å². The number of ether oxygens (including phenoxy) is 1. The van der Waals surface area contributed by atoms with E-state index in [4.69, 9.17) is 5.73 Å². The zero-order valence-electron chi connectivity index (χ0n) is 7.87. The maximum atomic E-state index is 11.6. The topological polar surface area (TPSA) is 85.2 Å². The zero-order valence-corrected chi connectivity index (χ0v) is 8.68. The van der Waals surface area contributed by atoms with Crippen LogP contribution in [0.25, 0.3) is 10.2 Å². The van der Waals surface area contributed by atoms with Crippen LogP contribution in [-0.4, -0.2) is 18.1 Å². The molecule has 0 aliphatic heterocycles. The number of nitrogen functional groups attached to an aromatic ring is 1. The third-order valence-electron chi connectivity index (χ3n) is 1.98. The highest BCUT2D eigenvalue weighted by Crippen LogP contribution is 2.22. The van der Waals surface area contributed by atoms with Crippen molar-refractivity contribution >= 4 is 33.2 Å². The van der Waals surface area contributed by atoms with Crippen LogP contribution >= 0.6 is 11.3 Å². The summed E-state index contributed by atoms with van der Waals surface area (Å²) >= 11 is 1.17. The smallest absolute Gasteiger partial charge is 0.348 e. The lowest BCUT2D eigenvalue weighted by molar-refractivity contribution is 0.0606. The highest BCUT2D eigenvalue weighted by molar-refractivity contribution is 7.20. The summed E-state index contributed by atoms with van der Waals surface area (Å²) < 4.78 is 4.56. The minimum absolute atomic E-state index is 0.136. The molecule has 0 radical (unpaired) electrons. The Hall–Kier alpha value is -1.82. The normalized spacial score (nSPS) is 10.5. The molecule has 2 aromatic heterocycles. The number of fused-ring (bicyclic) bond motifs is 1. The SMILES string of the molecule is COC(=O)c1cc2c(=O)c(N)c[nH]c2s1. The summed E-state index contributed by atoms with van der Waals surface area (Å²) in [6.45, 7) is 0. The molecule has 5 nitrogen and oxygen atoms in total. The first-order valence-electron chi connectivity index (χ1n) is 4.12. The number of H-pyrrole nitrogens is 1. The lowest BCUT2D eigenvalue weighted by atomic mass is 10.3. The van der Waals surface area contributed by atoms with Gasteiger partial charge in [0.2, 0.25) is 5.43 Å². The second-order valence-corrected chi connectivity index (χ2v) is 3.97. The lowest BCUT2D eigenvalue weighted by Gasteiger charge is -1.90. The summed E-state index contributed by atoms with van der Waals surface area (Å²) in [4.78, 5) is 26.6. The summed E-state index contributed by atoms with van der Waals surface area (Å²) in [6, 6.07) is 1.49. The predicted octanol–water partition coefficient (Wildman–Crippen LogP) is 0.958. The number of esters is 1. The maximum absolute atomic E-state index is 11.6. The van der Waals surface area contributed by atoms with Crippen molar-refractivity contribution in [3.8, 4) is 0 Å². The van der Waals surface area contributed by atoms with Crippen LogP contribution in [-0.2, 0) is 4.74 Å². The van der Waals surface area contributed by atoms with E-state index < -0.39 is 5.97 Å². The van der Waals surface area contributed by atoms with Gasteiger partial charge in [-0.05, 0) is 6.07 Å². The Labute approximate surface area is 88.5 Å². The third kappa shape index (κ3) is 1.48. The van der Waals surface area contributed by atoms with Crippen LogP contribution in [0.2, 0.25) is 0 Å². The van der Waals surface area contributed by atoms with Gasteiger partial charge in [-0.3, -0.25) is 4.79 Å². The van der Waals surface area contributed by atoms with Crippen LogP contribution in [0.1, 0.15) is 9.67 Å². The average molecular weight is 224 g/mol. The second kappa shape index (κ2) is 3.39. The molecule has 0 fully saturated rings. The number of hydrogen-bond donors (Lipinski definition) is 2. The van der Waals surface area contributed by atoms with E-state index in [0.29, 0.717) is 15.1 Å². The van der Waals surface area contributed by atoms with Crippen molar-refractivity contribution < 1.29 is 9.53 Å². The number of carbonyl (C=O) groups excluding carboxylic acids is 1. The molecule has 6 heteroatoms. The van der Waals surface area contributed by atoms with Gasteiger partial charge < -0.3 is 15.5 Å². The van der Waals surface area contributed by atoms with Crippen molar-refractivity contribution in [2.75, 3.05) is 12.8 Å². The van der Waals surface area contributed by atoms with Crippen molar-refractivity contribution in [3.63, 3.8) is 0 Å². The predicted molar refractivity (Wildman–Crippen MR) is 58.2 cm³/mol. The van der Waals surface area contributed by atoms with Crippen LogP contribution in [0.3, 0.4) is 0 Å². The van der Waals surface area contributed by atoms with E-state index in [2.05, 4.69) is 9.72 Å². The van der Waals surface area contributed by atoms with Gasteiger partial charge in [0.05, 0.1) is 18.2 Å². The van der Waals surface area contributed by atoms with Crippen molar-refractivity contribution in [2.45, 2.75) is 0 Å². The molecular formula is C9H8N2O3S. The van der Waals surface area contributed by atoms with Crippen LogP contribution in [0.4, 0.5) is 5.69 Å². The molecule has 15 heavy (non-hydrogen) atoms. The molecule has 2 rings (SSSR count). The van der Waals surface area contributed by atoms with E-state index in [0.717, 1.165) is 0 Å². The Morgan fingerprint density at radius 3 is 3.00 bits per heavy atom. The van der Waals surface area contributed by atoms with E-state index in [9.17, 15) is 9.59 Å². The minimum atomic E-state index is -0.456. The first kappa shape index (κ1) is 9.72. The highest BCUT2D eigenvalue weighted by atomic mass is 32.1. The minimum Gasteiger partial charge on any atom is -0.465 e. The molecule has 0 saturated heterocycles. The van der Waals surface area contributed by atoms with Gasteiger partial charge in [0.15, 0.2) is 0 Å². The molecule has 78 valence electrons. The summed E-state index contributed by atoms with van der Waals surface area (Å²) in [5, 5.41) is 0.417. The van der Waals surface area contributed by atoms with Gasteiger partial charge >= 0.3 is 5.97 Å². The van der Waals surface area contributed by atoms with Gasteiger partial charge in [-0.15, -0.1) is 11.3 Å². The highest BCUT2D eigenvalue weighted by Gasteiger charge is 2.13. The standard InChI is InChI=1S/C9H8N2O3S/c1-14-9(13)6-2-4-7(12)5(10)3-11-8(4)15-6/h2-3H,10H2,1H3,(H,11,12). The number of carbonyl (C=O) groups is 1. The molecule has 3 N–H and O–H groups in total. The quantitative estimate of drug-likeness (QED) is 0.706. The van der Waals surface area contributed by atoms with E-state index in [1.165, 1.54) is 30.7 Å². The molecule has 0 unspecified atom stereocenters. The molecule has 0 bridgehead atoms.